The van der Waals surface area contributed by atoms with Crippen molar-refractivity contribution >= 4 is 29.2 Å². The lowest BCUT2D eigenvalue weighted by molar-refractivity contribution is -0.119. The Bertz CT molecular complexity index is 402. The second-order valence-electron chi connectivity index (χ2n) is 3.96. The summed E-state index contributed by atoms with van der Waals surface area (Å²) in [5.41, 5.74) is 1.08. The highest BCUT2D eigenvalue weighted by atomic mass is 32.1. The molecule has 1 atom stereocenters. The van der Waals surface area contributed by atoms with Crippen LogP contribution in [0.1, 0.15) is 23.0 Å². The van der Waals surface area contributed by atoms with Gasteiger partial charge < -0.3 is 10.2 Å². The van der Waals surface area contributed by atoms with Gasteiger partial charge in [-0.1, -0.05) is 0 Å². The minimum atomic E-state index is 0.0192. The number of anilines is 1. The maximum absolute atomic E-state index is 10.9. The average Bonchev–Trinajstić information content (AvgIpc) is 2.83. The van der Waals surface area contributed by atoms with Gasteiger partial charge in [0.05, 0.1) is 4.88 Å². The Hall–Kier alpha value is -1.36. The number of nitrogens with zero attached hydrogens (tertiary/aromatic N) is 1. The molecule has 1 saturated heterocycles. The van der Waals surface area contributed by atoms with Crippen molar-refractivity contribution in [3.8, 4) is 0 Å². The van der Waals surface area contributed by atoms with Gasteiger partial charge in [-0.05, 0) is 12.5 Å². The van der Waals surface area contributed by atoms with E-state index in [1.54, 1.807) is 0 Å². The Balaban J connectivity index is 1.97. The summed E-state index contributed by atoms with van der Waals surface area (Å²) in [7, 11) is 0. The number of nitrogens with one attached hydrogen (secondary N) is 1. The first-order chi connectivity index (χ1) is 7.69. The first kappa shape index (κ1) is 11.1. The van der Waals surface area contributed by atoms with E-state index in [-0.39, 0.29) is 11.9 Å². The van der Waals surface area contributed by atoms with Crippen LogP contribution in [0.5, 0.6) is 0 Å². The van der Waals surface area contributed by atoms with Crippen molar-refractivity contribution in [3.63, 3.8) is 0 Å². The molecule has 1 amide bonds. The fourth-order valence-electron chi connectivity index (χ4n) is 1.97. The number of hydrogen-bond acceptors (Lipinski definition) is 4. The van der Waals surface area contributed by atoms with E-state index >= 15 is 0 Å². The van der Waals surface area contributed by atoms with Crippen molar-refractivity contribution in [1.29, 1.82) is 0 Å². The monoisotopic (exact) mass is 238 g/mol. The molecule has 1 N–H and O–H groups in total. The summed E-state index contributed by atoms with van der Waals surface area (Å²) >= 11 is 1.45. The van der Waals surface area contributed by atoms with Crippen LogP contribution in [0.25, 0.3) is 0 Å². The zero-order chi connectivity index (χ0) is 11.5. The minimum absolute atomic E-state index is 0.0192. The van der Waals surface area contributed by atoms with Gasteiger partial charge in [0.2, 0.25) is 5.91 Å². The molecule has 4 nitrogen and oxygen atoms in total. The Labute approximate surface area is 98.3 Å². The number of carbonyl (C=O) groups is 2. The summed E-state index contributed by atoms with van der Waals surface area (Å²) in [5, 5.41) is 4.90. The Morgan fingerprint density at radius 3 is 3.12 bits per heavy atom. The Morgan fingerprint density at radius 2 is 2.50 bits per heavy atom. The standard InChI is InChI=1S/C11H14N2O2S/c1-8(15)12-9-2-3-13(5-9)10-4-11(6-14)16-7-10/h4,6-7,9H,2-3,5H2,1H3,(H,12,15). The van der Waals surface area contributed by atoms with Crippen LogP contribution in [-0.2, 0) is 4.79 Å². The third-order valence-electron chi connectivity index (χ3n) is 2.68. The van der Waals surface area contributed by atoms with E-state index in [4.69, 9.17) is 0 Å². The highest BCUT2D eigenvalue weighted by molar-refractivity contribution is 7.12. The smallest absolute Gasteiger partial charge is 0.217 e. The molecule has 0 bridgehead atoms. The molecule has 16 heavy (non-hydrogen) atoms. The van der Waals surface area contributed by atoms with Crippen LogP contribution in [0.2, 0.25) is 0 Å². The molecule has 1 fully saturated rings. The van der Waals surface area contributed by atoms with Gasteiger partial charge in [-0.3, -0.25) is 9.59 Å². The van der Waals surface area contributed by atoms with Crippen molar-refractivity contribution < 1.29 is 9.59 Å². The molecule has 1 aliphatic heterocycles. The lowest BCUT2D eigenvalue weighted by atomic mass is 10.2. The number of carbonyl (C=O) groups excluding carboxylic acids is 2. The normalized spacial score (nSPS) is 19.8. The van der Waals surface area contributed by atoms with E-state index in [1.807, 2.05) is 11.4 Å². The van der Waals surface area contributed by atoms with Crippen LogP contribution in [0.4, 0.5) is 5.69 Å². The lowest BCUT2D eigenvalue weighted by Gasteiger charge is -2.16. The molecule has 5 heteroatoms. The molecular weight excluding hydrogens is 224 g/mol. The molecule has 86 valence electrons. The highest BCUT2D eigenvalue weighted by Gasteiger charge is 2.23. The molecule has 0 aromatic carbocycles. The van der Waals surface area contributed by atoms with Crippen molar-refractivity contribution in [2.75, 3.05) is 18.0 Å². The Kier molecular flexibility index (Phi) is 3.24. The molecule has 1 aliphatic rings. The van der Waals surface area contributed by atoms with E-state index < -0.39 is 0 Å². The van der Waals surface area contributed by atoms with Gasteiger partial charge in [-0.15, -0.1) is 11.3 Å². The van der Waals surface area contributed by atoms with Crippen LogP contribution in [-0.4, -0.2) is 31.3 Å². The zero-order valence-corrected chi connectivity index (χ0v) is 9.92. The summed E-state index contributed by atoms with van der Waals surface area (Å²) < 4.78 is 0. The van der Waals surface area contributed by atoms with Crippen LogP contribution < -0.4 is 10.2 Å². The van der Waals surface area contributed by atoms with E-state index in [1.165, 1.54) is 18.3 Å². The number of hydrogen-bond donors (Lipinski definition) is 1. The molecule has 0 radical (unpaired) electrons. The van der Waals surface area contributed by atoms with Gasteiger partial charge in [-0.25, -0.2) is 0 Å². The van der Waals surface area contributed by atoms with Crippen LogP contribution in [0, 0.1) is 0 Å². The summed E-state index contributed by atoms with van der Waals surface area (Å²) in [6.07, 6.45) is 1.83. The first-order valence-electron chi connectivity index (χ1n) is 5.25. The second kappa shape index (κ2) is 4.65. The number of amides is 1. The predicted octanol–water partition coefficient (Wildman–Crippen LogP) is 1.28. The van der Waals surface area contributed by atoms with Crippen molar-refractivity contribution in [1.82, 2.24) is 5.32 Å². The van der Waals surface area contributed by atoms with Gasteiger partial charge in [0.15, 0.2) is 6.29 Å². The van der Waals surface area contributed by atoms with Gasteiger partial charge >= 0.3 is 0 Å². The summed E-state index contributed by atoms with van der Waals surface area (Å²) in [5.74, 6) is 0.0192. The minimum Gasteiger partial charge on any atom is -0.369 e. The molecule has 0 saturated carbocycles. The quantitative estimate of drug-likeness (QED) is 0.807. The topological polar surface area (TPSA) is 49.4 Å². The third kappa shape index (κ3) is 2.41. The summed E-state index contributed by atoms with van der Waals surface area (Å²) in [6.45, 7) is 3.30. The molecule has 0 spiro atoms. The largest absolute Gasteiger partial charge is 0.369 e. The maximum Gasteiger partial charge on any atom is 0.217 e. The molecule has 1 aromatic heterocycles. The van der Waals surface area contributed by atoms with E-state index in [9.17, 15) is 9.59 Å². The first-order valence-corrected chi connectivity index (χ1v) is 6.13. The number of rotatable bonds is 3. The van der Waals surface area contributed by atoms with Crippen LogP contribution in [0.3, 0.4) is 0 Å². The number of aldehydes is 1. The second-order valence-corrected chi connectivity index (χ2v) is 4.90. The fourth-order valence-corrected chi connectivity index (χ4v) is 2.69. The number of thiophene rings is 1. The van der Waals surface area contributed by atoms with E-state index in [0.717, 1.165) is 36.4 Å². The highest BCUT2D eigenvalue weighted by Crippen LogP contribution is 2.25. The molecular formula is C11H14N2O2S. The van der Waals surface area contributed by atoms with Gasteiger partial charge in [0.1, 0.15) is 0 Å². The predicted molar refractivity (Wildman–Crippen MR) is 64.1 cm³/mol. The average molecular weight is 238 g/mol. The SMILES string of the molecule is CC(=O)NC1CCN(c2csc(C=O)c2)C1. The van der Waals surface area contributed by atoms with Crippen LogP contribution in [0.15, 0.2) is 11.4 Å². The maximum atomic E-state index is 10.9. The van der Waals surface area contributed by atoms with Gasteiger partial charge in [-0.2, -0.15) is 0 Å². The van der Waals surface area contributed by atoms with Crippen molar-refractivity contribution in [2.45, 2.75) is 19.4 Å². The lowest BCUT2D eigenvalue weighted by Crippen LogP contribution is -2.35. The molecule has 1 aromatic rings. The van der Waals surface area contributed by atoms with E-state index in [0.29, 0.717) is 0 Å². The van der Waals surface area contributed by atoms with Gasteiger partial charge in [0, 0.05) is 37.1 Å². The Morgan fingerprint density at radius 1 is 1.69 bits per heavy atom. The van der Waals surface area contributed by atoms with Crippen LogP contribution >= 0.6 is 11.3 Å². The fraction of sp³-hybridized carbons (Fsp3) is 0.455. The van der Waals surface area contributed by atoms with Crippen molar-refractivity contribution in [2.24, 2.45) is 0 Å². The molecule has 2 heterocycles. The molecule has 0 aliphatic carbocycles. The van der Waals surface area contributed by atoms with Crippen molar-refractivity contribution in [3.05, 3.63) is 16.3 Å². The molecule has 2 rings (SSSR count). The third-order valence-corrected chi connectivity index (χ3v) is 3.53. The summed E-state index contributed by atoms with van der Waals surface area (Å²) in [6, 6.07) is 2.13. The van der Waals surface area contributed by atoms with E-state index in [2.05, 4.69) is 10.2 Å². The zero-order valence-electron chi connectivity index (χ0n) is 9.10. The van der Waals surface area contributed by atoms with Gasteiger partial charge in [0.25, 0.3) is 0 Å². The summed E-state index contributed by atoms with van der Waals surface area (Å²) in [4.78, 5) is 24.4. The molecule has 1 unspecified atom stereocenters.